The highest BCUT2D eigenvalue weighted by molar-refractivity contribution is 9.08. The van der Waals surface area contributed by atoms with Gasteiger partial charge >= 0.3 is 0 Å². The minimum Gasteiger partial charge on any atom is -0.326 e. The first-order chi connectivity index (χ1) is 9.20. The predicted octanol–water partition coefficient (Wildman–Crippen LogP) is 4.07. The van der Waals surface area contributed by atoms with Gasteiger partial charge in [-0.1, -0.05) is 58.4 Å². The van der Waals surface area contributed by atoms with Gasteiger partial charge in [0.1, 0.15) is 0 Å². The molecule has 2 aromatic carbocycles. The Morgan fingerprint density at radius 1 is 1.05 bits per heavy atom. The third kappa shape index (κ3) is 3.67. The van der Waals surface area contributed by atoms with Crippen LogP contribution in [0.2, 0.25) is 0 Å². The van der Waals surface area contributed by atoms with Crippen molar-refractivity contribution >= 4 is 27.5 Å². The molecule has 2 aromatic rings. The molecular weight excluding hydrogens is 302 g/mol. The predicted molar refractivity (Wildman–Crippen MR) is 82.6 cm³/mol. The number of carbonyl (C=O) groups excluding carboxylic acids is 1. The molecule has 0 saturated heterocycles. The van der Waals surface area contributed by atoms with Crippen molar-refractivity contribution in [3.8, 4) is 0 Å². The largest absolute Gasteiger partial charge is 0.326 e. The van der Waals surface area contributed by atoms with Gasteiger partial charge in [0, 0.05) is 11.0 Å². The fourth-order valence-corrected chi connectivity index (χ4v) is 2.42. The highest BCUT2D eigenvalue weighted by Gasteiger charge is 2.08. The van der Waals surface area contributed by atoms with Gasteiger partial charge in [-0.3, -0.25) is 4.79 Å². The van der Waals surface area contributed by atoms with Crippen molar-refractivity contribution in [1.29, 1.82) is 0 Å². The summed E-state index contributed by atoms with van der Waals surface area (Å²) in [6.45, 7) is 2.02. The van der Waals surface area contributed by atoms with E-state index < -0.39 is 0 Å². The molecule has 0 aliphatic carbocycles. The van der Waals surface area contributed by atoms with E-state index in [9.17, 15) is 4.79 Å². The third-order valence-corrected chi connectivity index (χ3v) is 3.65. The number of anilines is 1. The van der Waals surface area contributed by atoms with Crippen molar-refractivity contribution in [2.45, 2.75) is 18.7 Å². The van der Waals surface area contributed by atoms with E-state index in [0.29, 0.717) is 6.42 Å². The van der Waals surface area contributed by atoms with Crippen LogP contribution in [0.25, 0.3) is 0 Å². The molecule has 98 valence electrons. The topological polar surface area (TPSA) is 29.1 Å². The number of rotatable bonds is 4. The second-order valence-corrected chi connectivity index (χ2v) is 5.00. The second kappa shape index (κ2) is 6.53. The molecule has 0 heterocycles. The first-order valence-electron chi connectivity index (χ1n) is 6.19. The molecule has 1 N–H and O–H groups in total. The number of hydrogen-bond donors (Lipinski definition) is 1. The lowest BCUT2D eigenvalue weighted by atomic mass is 10.1. The molecule has 2 rings (SSSR count). The Hall–Kier alpha value is -1.61. The van der Waals surface area contributed by atoms with Gasteiger partial charge in [-0.2, -0.15) is 0 Å². The van der Waals surface area contributed by atoms with Crippen molar-refractivity contribution < 1.29 is 4.79 Å². The summed E-state index contributed by atoms with van der Waals surface area (Å²) in [5, 5.41) is 3.70. The fraction of sp³-hybridized carbons (Fsp3) is 0.188. The number of amides is 1. The molecular formula is C16H16BrNO. The van der Waals surface area contributed by atoms with Crippen molar-refractivity contribution in [3.63, 3.8) is 0 Å². The monoisotopic (exact) mass is 317 g/mol. The third-order valence-electron chi connectivity index (χ3n) is 3.05. The minimum atomic E-state index is 0.0164. The standard InChI is InChI=1S/C16H16BrNO/c1-12-6-2-3-7-13(12)10-16(19)18-15-9-5-4-8-14(15)11-17/h2-9H,10-11H2,1H3,(H,18,19). The van der Waals surface area contributed by atoms with Gasteiger partial charge in [0.15, 0.2) is 0 Å². The molecule has 0 spiro atoms. The number of halogens is 1. The lowest BCUT2D eigenvalue weighted by molar-refractivity contribution is -0.115. The second-order valence-electron chi connectivity index (χ2n) is 4.44. The first-order valence-corrected chi connectivity index (χ1v) is 7.31. The summed E-state index contributed by atoms with van der Waals surface area (Å²) in [5.74, 6) is 0.0164. The summed E-state index contributed by atoms with van der Waals surface area (Å²) in [6, 6.07) is 15.8. The van der Waals surface area contributed by atoms with Crippen LogP contribution >= 0.6 is 15.9 Å². The van der Waals surface area contributed by atoms with Crippen LogP contribution in [0.1, 0.15) is 16.7 Å². The van der Waals surface area contributed by atoms with Crippen LogP contribution in [-0.4, -0.2) is 5.91 Å². The molecule has 0 bridgehead atoms. The van der Waals surface area contributed by atoms with E-state index in [1.165, 1.54) is 0 Å². The normalized spacial score (nSPS) is 10.2. The zero-order chi connectivity index (χ0) is 13.7. The Balaban J connectivity index is 2.08. The average Bonchev–Trinajstić information content (AvgIpc) is 2.42. The van der Waals surface area contributed by atoms with E-state index in [2.05, 4.69) is 21.2 Å². The molecule has 0 atom stereocenters. The number of benzene rings is 2. The Labute approximate surface area is 122 Å². The maximum absolute atomic E-state index is 12.1. The lowest BCUT2D eigenvalue weighted by Gasteiger charge is -2.10. The van der Waals surface area contributed by atoms with Crippen molar-refractivity contribution in [2.75, 3.05) is 5.32 Å². The molecule has 0 aromatic heterocycles. The number of nitrogens with one attached hydrogen (secondary N) is 1. The summed E-state index contributed by atoms with van der Waals surface area (Å²) in [7, 11) is 0. The van der Waals surface area contributed by atoms with Crippen LogP contribution in [0, 0.1) is 6.92 Å². The summed E-state index contributed by atoms with van der Waals surface area (Å²) < 4.78 is 0. The van der Waals surface area contributed by atoms with E-state index in [4.69, 9.17) is 0 Å². The molecule has 0 saturated carbocycles. The zero-order valence-electron chi connectivity index (χ0n) is 10.8. The number of hydrogen-bond acceptors (Lipinski definition) is 1. The van der Waals surface area contributed by atoms with Gasteiger partial charge in [0.2, 0.25) is 5.91 Å². The van der Waals surface area contributed by atoms with Crippen molar-refractivity contribution in [1.82, 2.24) is 0 Å². The Kier molecular flexibility index (Phi) is 4.74. The van der Waals surface area contributed by atoms with Crippen LogP contribution in [0.4, 0.5) is 5.69 Å². The van der Waals surface area contributed by atoms with Gasteiger partial charge in [0.25, 0.3) is 0 Å². The van der Waals surface area contributed by atoms with Gasteiger partial charge in [-0.15, -0.1) is 0 Å². The average molecular weight is 318 g/mol. The van der Waals surface area contributed by atoms with Crippen molar-refractivity contribution in [2.24, 2.45) is 0 Å². The summed E-state index contributed by atoms with van der Waals surface area (Å²) in [5.41, 5.74) is 4.17. The number of alkyl halides is 1. The van der Waals surface area contributed by atoms with E-state index in [0.717, 1.165) is 27.7 Å². The zero-order valence-corrected chi connectivity index (χ0v) is 12.4. The molecule has 3 heteroatoms. The lowest BCUT2D eigenvalue weighted by Crippen LogP contribution is -2.15. The van der Waals surface area contributed by atoms with Gasteiger partial charge < -0.3 is 5.32 Å². The SMILES string of the molecule is Cc1ccccc1CC(=O)Nc1ccccc1CBr. The number of para-hydroxylation sites is 1. The summed E-state index contributed by atoms with van der Waals surface area (Å²) in [4.78, 5) is 12.1. The van der Waals surface area contributed by atoms with Crippen LogP contribution in [-0.2, 0) is 16.5 Å². The quantitative estimate of drug-likeness (QED) is 0.846. The summed E-state index contributed by atoms with van der Waals surface area (Å²) in [6.07, 6.45) is 0.406. The van der Waals surface area contributed by atoms with Gasteiger partial charge in [-0.05, 0) is 29.7 Å². The van der Waals surface area contributed by atoms with E-state index >= 15 is 0 Å². The fourth-order valence-electron chi connectivity index (χ4n) is 1.93. The first kappa shape index (κ1) is 13.8. The molecule has 0 aliphatic heterocycles. The van der Waals surface area contributed by atoms with Crippen LogP contribution in [0.5, 0.6) is 0 Å². The minimum absolute atomic E-state index is 0.0164. The smallest absolute Gasteiger partial charge is 0.228 e. The van der Waals surface area contributed by atoms with Crippen LogP contribution in [0.3, 0.4) is 0 Å². The molecule has 0 aliphatic rings. The molecule has 0 unspecified atom stereocenters. The highest BCUT2D eigenvalue weighted by atomic mass is 79.9. The van der Waals surface area contributed by atoms with Crippen molar-refractivity contribution in [3.05, 3.63) is 65.2 Å². The maximum Gasteiger partial charge on any atom is 0.228 e. The van der Waals surface area contributed by atoms with E-state index in [1.54, 1.807) is 0 Å². The van der Waals surface area contributed by atoms with E-state index in [1.807, 2.05) is 55.5 Å². The summed E-state index contributed by atoms with van der Waals surface area (Å²) >= 11 is 3.43. The highest BCUT2D eigenvalue weighted by Crippen LogP contribution is 2.18. The Morgan fingerprint density at radius 3 is 2.37 bits per heavy atom. The maximum atomic E-state index is 12.1. The van der Waals surface area contributed by atoms with Crippen LogP contribution in [0.15, 0.2) is 48.5 Å². The van der Waals surface area contributed by atoms with E-state index in [-0.39, 0.29) is 5.91 Å². The number of carbonyl (C=O) groups is 1. The number of aryl methyl sites for hydroxylation is 1. The Bertz CT molecular complexity index is 580. The molecule has 19 heavy (non-hydrogen) atoms. The van der Waals surface area contributed by atoms with Gasteiger partial charge in [-0.25, -0.2) is 0 Å². The molecule has 1 amide bonds. The molecule has 2 nitrogen and oxygen atoms in total. The molecule has 0 fully saturated rings. The van der Waals surface area contributed by atoms with Crippen LogP contribution < -0.4 is 5.32 Å². The Morgan fingerprint density at radius 2 is 1.68 bits per heavy atom. The van der Waals surface area contributed by atoms with Gasteiger partial charge in [0.05, 0.1) is 6.42 Å². The molecule has 0 radical (unpaired) electrons.